The molecule has 10 heteroatoms. The van der Waals surface area contributed by atoms with Crippen molar-refractivity contribution in [2.45, 2.75) is 6.54 Å². The van der Waals surface area contributed by atoms with Crippen molar-refractivity contribution in [1.29, 1.82) is 0 Å². The van der Waals surface area contributed by atoms with Crippen LogP contribution < -0.4 is 4.90 Å². The molecule has 0 fully saturated rings. The molecular formula is C25H18FN3O5S. The number of halogens is 1. The van der Waals surface area contributed by atoms with Gasteiger partial charge < -0.3 is 4.74 Å². The van der Waals surface area contributed by atoms with E-state index in [2.05, 4.69) is 4.98 Å². The predicted molar refractivity (Wildman–Crippen MR) is 129 cm³/mol. The lowest BCUT2D eigenvalue weighted by atomic mass is 10.2. The van der Waals surface area contributed by atoms with Crippen molar-refractivity contribution in [1.82, 2.24) is 4.98 Å². The average molecular weight is 492 g/mol. The number of carbonyl (C=O) groups excluding carboxylic acids is 2. The highest BCUT2D eigenvalue weighted by atomic mass is 32.1. The quantitative estimate of drug-likeness (QED) is 0.190. The van der Waals surface area contributed by atoms with Gasteiger partial charge in [-0.2, -0.15) is 0 Å². The molecule has 0 bridgehead atoms. The van der Waals surface area contributed by atoms with Gasteiger partial charge in [0.15, 0.2) is 11.7 Å². The van der Waals surface area contributed by atoms with Crippen LogP contribution in [0.3, 0.4) is 0 Å². The highest BCUT2D eigenvalue weighted by Crippen LogP contribution is 2.29. The number of thiazole rings is 1. The minimum atomic E-state index is -0.854. The van der Waals surface area contributed by atoms with E-state index in [1.165, 1.54) is 46.6 Å². The normalized spacial score (nSPS) is 10.5. The zero-order chi connectivity index (χ0) is 24.8. The number of anilines is 1. The molecular weight excluding hydrogens is 473 g/mol. The number of nitro groups is 1. The molecule has 0 saturated heterocycles. The number of esters is 1. The third-order valence-electron chi connectivity index (χ3n) is 4.97. The van der Waals surface area contributed by atoms with Gasteiger partial charge in [0.25, 0.3) is 11.6 Å². The lowest BCUT2D eigenvalue weighted by Gasteiger charge is -2.20. The van der Waals surface area contributed by atoms with Crippen molar-refractivity contribution in [2.75, 3.05) is 11.5 Å². The highest BCUT2D eigenvalue weighted by molar-refractivity contribution is 7.14. The molecule has 0 N–H and O–H groups in total. The number of amides is 1. The molecule has 1 heterocycles. The fraction of sp³-hybridized carbons (Fsp3) is 0.0800. The fourth-order valence-electron chi connectivity index (χ4n) is 3.20. The van der Waals surface area contributed by atoms with Gasteiger partial charge in [0.2, 0.25) is 0 Å². The van der Waals surface area contributed by atoms with Crippen LogP contribution in [0.1, 0.15) is 15.9 Å². The number of carbonyl (C=O) groups is 2. The van der Waals surface area contributed by atoms with Crippen molar-refractivity contribution in [2.24, 2.45) is 0 Å². The SMILES string of the molecule is O=C(OCC(=O)N(Cc1ccccc1)c1nc(-c2ccc(F)cc2)cs1)c1cccc([N+](=O)[O-])c1. The Morgan fingerprint density at radius 1 is 1.03 bits per heavy atom. The van der Waals surface area contributed by atoms with Gasteiger partial charge in [-0.25, -0.2) is 14.2 Å². The number of nitrogens with zero attached hydrogens (tertiary/aromatic N) is 3. The maximum absolute atomic E-state index is 13.3. The van der Waals surface area contributed by atoms with Crippen LogP contribution in [0.15, 0.2) is 84.2 Å². The first-order valence-corrected chi connectivity index (χ1v) is 11.3. The third kappa shape index (κ3) is 5.92. The van der Waals surface area contributed by atoms with Gasteiger partial charge >= 0.3 is 5.97 Å². The van der Waals surface area contributed by atoms with E-state index in [4.69, 9.17) is 4.74 Å². The summed E-state index contributed by atoms with van der Waals surface area (Å²) in [5.74, 6) is -1.74. The minimum Gasteiger partial charge on any atom is -0.452 e. The minimum absolute atomic E-state index is 0.0329. The van der Waals surface area contributed by atoms with E-state index in [1.54, 1.807) is 17.5 Å². The van der Waals surface area contributed by atoms with Crippen molar-refractivity contribution >= 4 is 34.0 Å². The van der Waals surface area contributed by atoms with Crippen LogP contribution in [0.2, 0.25) is 0 Å². The number of ether oxygens (including phenoxy) is 1. The van der Waals surface area contributed by atoms with Crippen molar-refractivity contribution < 1.29 is 23.6 Å². The maximum Gasteiger partial charge on any atom is 0.338 e. The van der Waals surface area contributed by atoms with E-state index in [0.29, 0.717) is 16.4 Å². The molecule has 0 spiro atoms. The first-order chi connectivity index (χ1) is 16.9. The highest BCUT2D eigenvalue weighted by Gasteiger charge is 2.22. The summed E-state index contributed by atoms with van der Waals surface area (Å²) in [4.78, 5) is 41.8. The van der Waals surface area contributed by atoms with Crippen LogP contribution in [-0.4, -0.2) is 28.4 Å². The molecule has 176 valence electrons. The Bertz CT molecular complexity index is 1360. The van der Waals surface area contributed by atoms with Crippen molar-refractivity contribution in [3.63, 3.8) is 0 Å². The zero-order valence-electron chi connectivity index (χ0n) is 18.2. The number of hydrogen-bond donors (Lipinski definition) is 0. The Kier molecular flexibility index (Phi) is 7.22. The number of aromatic nitrogens is 1. The van der Waals surface area contributed by atoms with Crippen LogP contribution in [0, 0.1) is 15.9 Å². The predicted octanol–water partition coefficient (Wildman–Crippen LogP) is 5.25. The molecule has 35 heavy (non-hydrogen) atoms. The van der Waals surface area contributed by atoms with Gasteiger partial charge in [0.05, 0.1) is 22.7 Å². The second-order valence-electron chi connectivity index (χ2n) is 7.37. The van der Waals surface area contributed by atoms with E-state index >= 15 is 0 Å². The average Bonchev–Trinajstić information content (AvgIpc) is 3.36. The van der Waals surface area contributed by atoms with E-state index in [9.17, 15) is 24.1 Å². The molecule has 0 radical (unpaired) electrons. The number of hydrogen-bond acceptors (Lipinski definition) is 7. The van der Waals surface area contributed by atoms with Crippen molar-refractivity contribution in [3.05, 3.63) is 111 Å². The summed E-state index contributed by atoms with van der Waals surface area (Å²) in [5.41, 5.74) is 1.81. The molecule has 0 saturated carbocycles. The third-order valence-corrected chi connectivity index (χ3v) is 5.83. The van der Waals surface area contributed by atoms with Crippen LogP contribution >= 0.6 is 11.3 Å². The Morgan fingerprint density at radius 3 is 2.49 bits per heavy atom. The van der Waals surface area contributed by atoms with Gasteiger partial charge in [-0.3, -0.25) is 19.8 Å². The lowest BCUT2D eigenvalue weighted by Crippen LogP contribution is -2.34. The molecule has 4 rings (SSSR count). The number of nitro benzene ring substituents is 1. The summed E-state index contributed by atoms with van der Waals surface area (Å²) in [5, 5.41) is 13.1. The monoisotopic (exact) mass is 491 g/mol. The Balaban J connectivity index is 1.53. The molecule has 0 unspecified atom stereocenters. The smallest absolute Gasteiger partial charge is 0.338 e. The summed E-state index contributed by atoms with van der Waals surface area (Å²) in [6.07, 6.45) is 0. The van der Waals surface area contributed by atoms with Gasteiger partial charge in [0, 0.05) is 23.1 Å². The molecule has 0 aliphatic heterocycles. The maximum atomic E-state index is 13.3. The van der Waals surface area contributed by atoms with Crippen LogP contribution in [-0.2, 0) is 16.1 Å². The Labute approximate surface area is 203 Å². The van der Waals surface area contributed by atoms with E-state index in [1.807, 2.05) is 30.3 Å². The van der Waals surface area contributed by atoms with Gasteiger partial charge in [-0.05, 0) is 35.9 Å². The van der Waals surface area contributed by atoms with Crippen LogP contribution in [0.5, 0.6) is 0 Å². The summed E-state index contributed by atoms with van der Waals surface area (Å²) in [6.45, 7) is -0.399. The van der Waals surface area contributed by atoms with Gasteiger partial charge in [-0.15, -0.1) is 11.3 Å². The molecule has 3 aromatic carbocycles. The van der Waals surface area contributed by atoms with E-state index < -0.39 is 23.4 Å². The molecule has 0 aliphatic rings. The topological polar surface area (TPSA) is 103 Å². The summed E-state index contributed by atoms with van der Waals surface area (Å²) >= 11 is 1.22. The van der Waals surface area contributed by atoms with Gasteiger partial charge in [0.1, 0.15) is 5.82 Å². The lowest BCUT2D eigenvalue weighted by molar-refractivity contribution is -0.384. The Morgan fingerprint density at radius 2 is 1.77 bits per heavy atom. The Hall–Kier alpha value is -4.44. The molecule has 1 amide bonds. The molecule has 0 atom stereocenters. The summed E-state index contributed by atoms with van der Waals surface area (Å²) in [7, 11) is 0. The number of non-ortho nitro benzene ring substituents is 1. The largest absolute Gasteiger partial charge is 0.452 e. The fourth-order valence-corrected chi connectivity index (χ4v) is 4.06. The molecule has 4 aromatic rings. The summed E-state index contributed by atoms with van der Waals surface area (Å²) < 4.78 is 18.4. The summed E-state index contributed by atoms with van der Waals surface area (Å²) in [6, 6.07) is 20.2. The molecule has 0 aliphatic carbocycles. The standard InChI is InChI=1S/C25H18FN3O5S/c26-20-11-9-18(10-12-20)22-16-35-25(27-22)28(14-17-5-2-1-3-6-17)23(30)15-34-24(31)19-7-4-8-21(13-19)29(32)33/h1-13,16H,14-15H2. The van der Waals surface area contributed by atoms with Crippen LogP contribution in [0.25, 0.3) is 11.3 Å². The number of benzene rings is 3. The van der Waals surface area contributed by atoms with Gasteiger partial charge in [-0.1, -0.05) is 36.4 Å². The molecule has 8 nitrogen and oxygen atoms in total. The zero-order valence-corrected chi connectivity index (χ0v) is 19.0. The van der Waals surface area contributed by atoms with E-state index in [0.717, 1.165) is 11.6 Å². The van der Waals surface area contributed by atoms with E-state index in [-0.39, 0.29) is 23.6 Å². The molecule has 1 aromatic heterocycles. The second-order valence-corrected chi connectivity index (χ2v) is 8.21. The second kappa shape index (κ2) is 10.7. The van der Waals surface area contributed by atoms with Crippen molar-refractivity contribution in [3.8, 4) is 11.3 Å². The first kappa shape index (κ1) is 23.7. The van der Waals surface area contributed by atoms with Crippen LogP contribution in [0.4, 0.5) is 15.2 Å². The first-order valence-electron chi connectivity index (χ1n) is 10.4. The number of rotatable bonds is 8.